The lowest BCUT2D eigenvalue weighted by Crippen LogP contribution is -2.47. The second-order valence-electron chi connectivity index (χ2n) is 6.58. The maximum Gasteiger partial charge on any atom is 0.327 e. The van der Waals surface area contributed by atoms with E-state index in [1.807, 2.05) is 0 Å². The highest BCUT2D eigenvalue weighted by Crippen LogP contribution is 2.79. The van der Waals surface area contributed by atoms with Crippen molar-refractivity contribution in [2.75, 3.05) is 27.4 Å². The number of esters is 4. The van der Waals surface area contributed by atoms with Crippen LogP contribution in [0.15, 0.2) is 0 Å². The van der Waals surface area contributed by atoms with Crippen molar-refractivity contribution >= 4 is 39.8 Å². The molecule has 0 radical (unpaired) electrons. The normalized spacial score (nSPS) is 38.2. The number of rotatable bonds is 7. The van der Waals surface area contributed by atoms with Crippen LogP contribution in [0, 0.1) is 23.2 Å². The van der Waals surface area contributed by atoms with Gasteiger partial charge in [-0.15, -0.1) is 0 Å². The summed E-state index contributed by atoms with van der Waals surface area (Å²) < 4.78 is 29.5. The summed E-state index contributed by atoms with van der Waals surface area (Å²) in [5, 5.41) is 0. The molecule has 2 aliphatic heterocycles. The van der Waals surface area contributed by atoms with Crippen LogP contribution in [0.4, 0.5) is 0 Å². The number of cyclic esters (lactones) is 2. The number of hydrogen-bond acceptors (Lipinski definition) is 10. The summed E-state index contributed by atoms with van der Waals surface area (Å²) >= 11 is 3.31. The molecule has 3 rings (SSSR count). The van der Waals surface area contributed by atoms with Crippen molar-refractivity contribution in [2.45, 2.75) is 30.8 Å². The van der Waals surface area contributed by atoms with Crippen molar-refractivity contribution in [3.63, 3.8) is 0 Å². The molecule has 0 aromatic rings. The van der Waals surface area contributed by atoms with Crippen molar-refractivity contribution in [3.8, 4) is 0 Å². The fraction of sp³-hybridized carbons (Fsp3) is 0.765. The molecule has 10 nitrogen and oxygen atoms in total. The van der Waals surface area contributed by atoms with Gasteiger partial charge in [0.25, 0.3) is 0 Å². The van der Waals surface area contributed by atoms with Gasteiger partial charge in [-0.3, -0.25) is 19.2 Å². The van der Waals surface area contributed by atoms with Crippen LogP contribution in [0.2, 0.25) is 0 Å². The molecule has 0 amide bonds. The summed E-state index contributed by atoms with van der Waals surface area (Å²) in [6.07, 6.45) is -2.32. The van der Waals surface area contributed by atoms with Crippen molar-refractivity contribution in [3.05, 3.63) is 0 Å². The fourth-order valence-electron chi connectivity index (χ4n) is 4.45. The predicted molar refractivity (Wildman–Crippen MR) is 91.6 cm³/mol. The number of hydrogen-bond donors (Lipinski definition) is 0. The Morgan fingerprint density at radius 3 is 1.96 bits per heavy atom. The van der Waals surface area contributed by atoms with Crippen LogP contribution in [-0.2, 0) is 47.6 Å². The Balaban J connectivity index is 2.12. The smallest absolute Gasteiger partial charge is 0.327 e. The van der Waals surface area contributed by atoms with Gasteiger partial charge in [-0.25, -0.2) is 0 Å². The van der Waals surface area contributed by atoms with Gasteiger partial charge in [-0.2, -0.15) is 0 Å². The Bertz CT molecular complexity index is 692. The first-order valence-corrected chi connectivity index (χ1v) is 9.56. The van der Waals surface area contributed by atoms with Crippen LogP contribution in [0.1, 0.15) is 13.8 Å². The lowest BCUT2D eigenvalue weighted by atomic mass is 9.76. The lowest BCUT2D eigenvalue weighted by molar-refractivity contribution is -0.181. The van der Waals surface area contributed by atoms with Crippen LogP contribution in [0.3, 0.4) is 0 Å². The van der Waals surface area contributed by atoms with Crippen molar-refractivity contribution in [1.82, 2.24) is 0 Å². The van der Waals surface area contributed by atoms with E-state index >= 15 is 0 Å². The van der Waals surface area contributed by atoms with Crippen LogP contribution in [0.5, 0.6) is 0 Å². The predicted octanol–water partition coefficient (Wildman–Crippen LogP) is 0.154. The summed E-state index contributed by atoms with van der Waals surface area (Å²) in [6.45, 7) is 3.17. The minimum Gasteiger partial charge on any atom is -0.465 e. The monoisotopic (exact) mass is 464 g/mol. The van der Waals surface area contributed by atoms with Gasteiger partial charge in [0.15, 0.2) is 5.92 Å². The van der Waals surface area contributed by atoms with E-state index in [-0.39, 0.29) is 13.2 Å². The van der Waals surface area contributed by atoms with E-state index in [4.69, 9.17) is 28.4 Å². The molecule has 3 aliphatic rings. The molecule has 156 valence electrons. The zero-order valence-corrected chi connectivity index (χ0v) is 17.3. The largest absolute Gasteiger partial charge is 0.465 e. The number of carbonyl (C=O) groups is 4. The second kappa shape index (κ2) is 7.27. The Morgan fingerprint density at radius 2 is 1.50 bits per heavy atom. The zero-order chi connectivity index (χ0) is 20.9. The molecule has 3 fully saturated rings. The van der Waals surface area contributed by atoms with Gasteiger partial charge in [0, 0.05) is 14.2 Å². The molecule has 6 unspecified atom stereocenters. The van der Waals surface area contributed by atoms with Crippen molar-refractivity contribution < 1.29 is 47.6 Å². The number of methoxy groups -OCH3 is 2. The molecule has 0 bridgehead atoms. The van der Waals surface area contributed by atoms with Crippen LogP contribution in [0.25, 0.3) is 0 Å². The van der Waals surface area contributed by atoms with Crippen LogP contribution >= 0.6 is 15.9 Å². The first kappa shape index (κ1) is 21.0. The van der Waals surface area contributed by atoms with E-state index in [2.05, 4.69) is 15.9 Å². The summed E-state index contributed by atoms with van der Waals surface area (Å²) in [6, 6.07) is 0. The minimum absolute atomic E-state index is 0.00648. The Kier molecular flexibility index (Phi) is 5.45. The minimum atomic E-state index is -1.60. The molecule has 28 heavy (non-hydrogen) atoms. The maximum atomic E-state index is 12.9. The molecule has 0 aromatic heterocycles. The molecule has 0 N–H and O–H groups in total. The topological polar surface area (TPSA) is 124 Å². The number of fused-ring (bicyclic) bond motifs is 3. The number of ether oxygens (including phenoxy) is 6. The highest BCUT2D eigenvalue weighted by atomic mass is 79.9. The molecular weight excluding hydrogens is 444 g/mol. The molecule has 6 atom stereocenters. The highest BCUT2D eigenvalue weighted by Gasteiger charge is 2.97. The molecular formula is C17H21BrO10. The maximum absolute atomic E-state index is 12.9. The van der Waals surface area contributed by atoms with Gasteiger partial charge in [0.1, 0.15) is 9.74 Å². The van der Waals surface area contributed by atoms with Gasteiger partial charge in [-0.1, -0.05) is 15.9 Å². The average molecular weight is 465 g/mol. The third-order valence-electron chi connectivity index (χ3n) is 5.51. The Hall–Kier alpha value is -1.72. The Morgan fingerprint density at radius 1 is 1.00 bits per heavy atom. The lowest BCUT2D eigenvalue weighted by Gasteiger charge is -2.29. The van der Waals surface area contributed by atoms with Crippen molar-refractivity contribution in [2.24, 2.45) is 23.2 Å². The third kappa shape index (κ3) is 2.45. The fourth-order valence-corrected chi connectivity index (χ4v) is 5.68. The molecule has 1 spiro atoms. The number of halogens is 1. The SMILES string of the molecule is CCOC(=O)C(C(=O)OCC)C1C(OC)OC(=O)C12C1C(OC)OC(=O)C12Br. The summed E-state index contributed by atoms with van der Waals surface area (Å²) in [4.78, 5) is 50.8. The molecule has 2 saturated heterocycles. The highest BCUT2D eigenvalue weighted by molar-refractivity contribution is 9.10. The molecule has 1 saturated carbocycles. The quantitative estimate of drug-likeness (QED) is 0.222. The van der Waals surface area contributed by atoms with Crippen molar-refractivity contribution in [1.29, 1.82) is 0 Å². The van der Waals surface area contributed by atoms with E-state index in [0.29, 0.717) is 0 Å². The summed E-state index contributed by atoms with van der Waals surface area (Å²) in [5.74, 6) is -6.86. The first-order valence-electron chi connectivity index (χ1n) is 8.77. The molecule has 2 heterocycles. The van der Waals surface area contributed by atoms with Crippen LogP contribution in [-0.4, -0.2) is 68.2 Å². The van der Waals surface area contributed by atoms with E-state index in [1.54, 1.807) is 13.8 Å². The van der Waals surface area contributed by atoms with Gasteiger partial charge in [0.2, 0.25) is 12.6 Å². The van der Waals surface area contributed by atoms with Gasteiger partial charge in [-0.05, 0) is 13.8 Å². The van der Waals surface area contributed by atoms with E-state index in [1.165, 1.54) is 14.2 Å². The molecule has 0 aromatic carbocycles. The van der Waals surface area contributed by atoms with Gasteiger partial charge >= 0.3 is 23.9 Å². The number of carbonyl (C=O) groups excluding carboxylic acids is 4. The van der Waals surface area contributed by atoms with Gasteiger partial charge in [0.05, 0.1) is 25.0 Å². The summed E-state index contributed by atoms with van der Waals surface area (Å²) in [5.41, 5.74) is -1.60. The summed E-state index contributed by atoms with van der Waals surface area (Å²) in [7, 11) is 2.59. The van der Waals surface area contributed by atoms with Gasteiger partial charge < -0.3 is 28.4 Å². The third-order valence-corrected chi connectivity index (χ3v) is 6.99. The van der Waals surface area contributed by atoms with Crippen LogP contribution < -0.4 is 0 Å². The number of alkyl halides is 1. The molecule has 11 heteroatoms. The zero-order valence-electron chi connectivity index (χ0n) is 15.8. The van der Waals surface area contributed by atoms with E-state index < -0.39 is 64.0 Å². The first-order chi connectivity index (χ1) is 13.3. The average Bonchev–Trinajstić information content (AvgIpc) is 2.96. The standard InChI is InChI=1S/C17H21BrO10/c1-5-25-10(19)7(11(20)26-6-2)8-12(23-3)27-14(21)16(8)9-13(24-4)28-15(22)17(9,16)18/h7-9,12-13H,5-6H2,1-4H3. The van der Waals surface area contributed by atoms with E-state index in [9.17, 15) is 19.2 Å². The Labute approximate surface area is 169 Å². The van der Waals surface area contributed by atoms with E-state index in [0.717, 1.165) is 0 Å². The molecule has 1 aliphatic carbocycles. The second-order valence-corrected chi connectivity index (χ2v) is 7.84.